The van der Waals surface area contributed by atoms with Crippen molar-refractivity contribution < 1.29 is 9.84 Å². The molecule has 0 saturated heterocycles. The van der Waals surface area contributed by atoms with Crippen molar-refractivity contribution in [2.45, 2.75) is 58.8 Å². The van der Waals surface area contributed by atoms with Crippen LogP contribution in [-0.2, 0) is 4.74 Å². The van der Waals surface area contributed by atoms with Gasteiger partial charge in [-0.25, -0.2) is 4.99 Å². The van der Waals surface area contributed by atoms with Gasteiger partial charge in [-0.15, -0.1) is 0 Å². The number of rotatable bonds is 12. The van der Waals surface area contributed by atoms with Crippen molar-refractivity contribution in [2.24, 2.45) is 4.99 Å². The molecule has 1 aromatic carbocycles. The Hall–Kier alpha value is -2.47. The summed E-state index contributed by atoms with van der Waals surface area (Å²) in [5.41, 5.74) is 4.20. The molecule has 6 heteroatoms. The maximum atomic E-state index is 8.81. The predicted octanol–water partition coefficient (Wildman–Crippen LogP) is 5.18. The van der Waals surface area contributed by atoms with Crippen molar-refractivity contribution in [3.8, 4) is 0 Å². The number of benzene rings is 1. The molecule has 0 spiro atoms. The van der Waals surface area contributed by atoms with Crippen molar-refractivity contribution in [2.75, 3.05) is 25.1 Å². The topological polar surface area (TPSA) is 102 Å². The summed E-state index contributed by atoms with van der Waals surface area (Å²) < 4.78 is 5.72. The standard InChI is InChI=1S/C23H34N4O2/c1-3-4-13-29-23-16-22(19(24)15-20(23)25)27-21-10-9-18(14-17(21)2)26-11-7-5-6-8-12-28/h9-10,14,16,24-26,28H,3-8,11-13,15H2,1-2H3. The molecule has 1 aliphatic carbocycles. The zero-order valence-corrected chi connectivity index (χ0v) is 17.7. The maximum Gasteiger partial charge on any atom is 0.142 e. The molecule has 0 fully saturated rings. The highest BCUT2D eigenvalue weighted by Gasteiger charge is 2.20. The summed E-state index contributed by atoms with van der Waals surface area (Å²) in [6.45, 7) is 5.89. The summed E-state index contributed by atoms with van der Waals surface area (Å²) in [6, 6.07) is 6.05. The first-order valence-corrected chi connectivity index (χ1v) is 10.6. The molecular formula is C23H34N4O2. The van der Waals surface area contributed by atoms with Crippen molar-refractivity contribution in [3.63, 3.8) is 0 Å². The molecule has 6 nitrogen and oxygen atoms in total. The highest BCUT2D eigenvalue weighted by atomic mass is 16.5. The summed E-state index contributed by atoms with van der Waals surface area (Å²) in [6.07, 6.45) is 8.11. The number of allylic oxidation sites excluding steroid dienone is 2. The van der Waals surface area contributed by atoms with Crippen LogP contribution in [0.1, 0.15) is 57.4 Å². The van der Waals surface area contributed by atoms with Crippen LogP contribution in [0.25, 0.3) is 0 Å². The van der Waals surface area contributed by atoms with Gasteiger partial charge in [0.15, 0.2) is 0 Å². The third-order valence-corrected chi connectivity index (χ3v) is 4.84. The molecule has 4 N–H and O–H groups in total. The second kappa shape index (κ2) is 12.2. The number of anilines is 1. The first-order valence-electron chi connectivity index (χ1n) is 10.6. The minimum absolute atomic E-state index is 0.256. The lowest BCUT2D eigenvalue weighted by molar-refractivity contribution is 0.225. The molecule has 1 aliphatic rings. The fraction of sp³-hybridized carbons (Fsp3) is 0.522. The molecule has 0 radical (unpaired) electrons. The first-order chi connectivity index (χ1) is 14.0. The average Bonchev–Trinajstić information content (AvgIpc) is 2.69. The Balaban J connectivity index is 2.02. The van der Waals surface area contributed by atoms with Gasteiger partial charge in [-0.1, -0.05) is 26.2 Å². The summed E-state index contributed by atoms with van der Waals surface area (Å²) in [4.78, 5) is 4.67. The number of aryl methyl sites for hydroxylation is 1. The van der Waals surface area contributed by atoms with Crippen LogP contribution < -0.4 is 5.32 Å². The molecule has 0 amide bonds. The van der Waals surface area contributed by atoms with Crippen LogP contribution in [-0.4, -0.2) is 42.0 Å². The minimum atomic E-state index is 0.256. The number of hydrogen-bond acceptors (Lipinski definition) is 6. The van der Waals surface area contributed by atoms with E-state index in [0.29, 0.717) is 29.5 Å². The third kappa shape index (κ3) is 7.46. The largest absolute Gasteiger partial charge is 0.492 e. The maximum absolute atomic E-state index is 8.81. The number of unbranched alkanes of at least 4 members (excludes halogenated alkanes) is 4. The van der Waals surface area contributed by atoms with Gasteiger partial charge in [-0.3, -0.25) is 0 Å². The lowest BCUT2D eigenvalue weighted by atomic mass is 9.99. The van der Waals surface area contributed by atoms with Crippen LogP contribution in [0.2, 0.25) is 0 Å². The van der Waals surface area contributed by atoms with E-state index in [0.717, 1.165) is 62.0 Å². The Labute approximate surface area is 174 Å². The van der Waals surface area contributed by atoms with Gasteiger partial charge in [-0.05, 0) is 49.9 Å². The Kier molecular flexibility index (Phi) is 9.57. The monoisotopic (exact) mass is 398 g/mol. The van der Waals surface area contributed by atoms with Gasteiger partial charge < -0.3 is 26.0 Å². The third-order valence-electron chi connectivity index (χ3n) is 4.84. The highest BCUT2D eigenvalue weighted by molar-refractivity contribution is 6.51. The summed E-state index contributed by atoms with van der Waals surface area (Å²) in [5.74, 6) is 0.533. The quantitative estimate of drug-likeness (QED) is 0.365. The number of nitrogens with one attached hydrogen (secondary N) is 3. The van der Waals surface area contributed by atoms with E-state index in [2.05, 4.69) is 23.3 Å². The second-order valence-electron chi connectivity index (χ2n) is 7.41. The van der Waals surface area contributed by atoms with Crippen LogP contribution in [0, 0.1) is 17.7 Å². The fourth-order valence-corrected chi connectivity index (χ4v) is 3.05. The van der Waals surface area contributed by atoms with E-state index in [4.69, 9.17) is 20.7 Å². The summed E-state index contributed by atoms with van der Waals surface area (Å²) in [7, 11) is 0. The van der Waals surface area contributed by atoms with Crippen LogP contribution in [0.4, 0.5) is 11.4 Å². The molecule has 0 bridgehead atoms. The van der Waals surface area contributed by atoms with E-state index in [9.17, 15) is 0 Å². The molecule has 0 atom stereocenters. The number of aliphatic imine (C=N–C) groups is 1. The van der Waals surface area contributed by atoms with E-state index >= 15 is 0 Å². The van der Waals surface area contributed by atoms with Crippen LogP contribution in [0.5, 0.6) is 0 Å². The molecule has 2 rings (SSSR count). The van der Waals surface area contributed by atoms with Crippen molar-refractivity contribution in [3.05, 3.63) is 35.6 Å². The Morgan fingerprint density at radius 3 is 2.62 bits per heavy atom. The van der Waals surface area contributed by atoms with Crippen LogP contribution in [0.3, 0.4) is 0 Å². The lowest BCUT2D eigenvalue weighted by Crippen LogP contribution is -2.24. The zero-order valence-electron chi connectivity index (χ0n) is 17.7. The van der Waals surface area contributed by atoms with E-state index in [1.807, 2.05) is 19.1 Å². The number of aliphatic hydroxyl groups excluding tert-OH is 1. The van der Waals surface area contributed by atoms with Gasteiger partial charge >= 0.3 is 0 Å². The van der Waals surface area contributed by atoms with Gasteiger partial charge in [-0.2, -0.15) is 0 Å². The normalized spacial score (nSPS) is 15.6. The zero-order chi connectivity index (χ0) is 21.1. The molecule has 158 valence electrons. The number of ether oxygens (including phenoxy) is 1. The SMILES string of the molecule is CCCCOC1=CC(=Nc2ccc(NCCCCCCO)cc2C)C(=N)CC1=N. The van der Waals surface area contributed by atoms with E-state index in [1.165, 1.54) is 0 Å². The van der Waals surface area contributed by atoms with Crippen molar-refractivity contribution in [1.29, 1.82) is 10.8 Å². The predicted molar refractivity (Wildman–Crippen MR) is 121 cm³/mol. The molecular weight excluding hydrogens is 364 g/mol. The van der Waals surface area contributed by atoms with Gasteiger partial charge in [0.25, 0.3) is 0 Å². The Morgan fingerprint density at radius 2 is 1.90 bits per heavy atom. The molecule has 0 saturated carbocycles. The highest BCUT2D eigenvalue weighted by Crippen LogP contribution is 2.24. The van der Waals surface area contributed by atoms with Crippen molar-refractivity contribution in [1.82, 2.24) is 0 Å². The van der Waals surface area contributed by atoms with Gasteiger partial charge in [0, 0.05) is 31.3 Å². The molecule has 29 heavy (non-hydrogen) atoms. The summed E-state index contributed by atoms with van der Waals surface area (Å²) in [5, 5.41) is 28.5. The van der Waals surface area contributed by atoms with E-state index in [-0.39, 0.29) is 13.0 Å². The first kappa shape index (κ1) is 22.8. The van der Waals surface area contributed by atoms with Gasteiger partial charge in [0.2, 0.25) is 0 Å². The van der Waals surface area contributed by atoms with Crippen molar-refractivity contribution >= 4 is 28.5 Å². The molecule has 0 heterocycles. The smallest absolute Gasteiger partial charge is 0.142 e. The van der Waals surface area contributed by atoms with Gasteiger partial charge in [0.1, 0.15) is 5.76 Å². The Morgan fingerprint density at radius 1 is 1.10 bits per heavy atom. The second-order valence-corrected chi connectivity index (χ2v) is 7.41. The van der Waals surface area contributed by atoms with Crippen LogP contribution >= 0.6 is 0 Å². The van der Waals surface area contributed by atoms with Crippen LogP contribution in [0.15, 0.2) is 35.0 Å². The molecule has 0 unspecified atom stereocenters. The Bertz CT molecular complexity index is 768. The number of aliphatic hydroxyl groups is 1. The minimum Gasteiger partial charge on any atom is -0.492 e. The number of nitrogens with zero attached hydrogens (tertiary/aromatic N) is 1. The average molecular weight is 399 g/mol. The fourth-order valence-electron chi connectivity index (χ4n) is 3.05. The van der Waals surface area contributed by atoms with E-state index < -0.39 is 0 Å². The molecule has 0 aliphatic heterocycles. The molecule has 0 aromatic heterocycles. The van der Waals surface area contributed by atoms with E-state index in [1.54, 1.807) is 6.08 Å². The summed E-state index contributed by atoms with van der Waals surface area (Å²) >= 11 is 0. The molecule has 1 aromatic rings. The number of hydrogen-bond donors (Lipinski definition) is 4. The van der Waals surface area contributed by atoms with Gasteiger partial charge in [0.05, 0.1) is 29.4 Å². The lowest BCUT2D eigenvalue weighted by Gasteiger charge is -2.18.